The van der Waals surface area contributed by atoms with E-state index in [0.717, 1.165) is 30.0 Å². The number of halogens is 2. The Kier molecular flexibility index (Phi) is 6.66. The van der Waals surface area contributed by atoms with E-state index in [9.17, 15) is 32.3 Å². The molecule has 1 heterocycles. The van der Waals surface area contributed by atoms with E-state index in [1.54, 1.807) is 0 Å². The summed E-state index contributed by atoms with van der Waals surface area (Å²) in [5.41, 5.74) is -0.137. The van der Waals surface area contributed by atoms with E-state index in [2.05, 4.69) is 0 Å². The summed E-state index contributed by atoms with van der Waals surface area (Å²) in [5.74, 6) is -4.12. The van der Waals surface area contributed by atoms with Gasteiger partial charge in [0.25, 0.3) is 21.7 Å². The van der Waals surface area contributed by atoms with Crippen molar-refractivity contribution in [3.05, 3.63) is 100 Å². The lowest BCUT2D eigenvalue weighted by Crippen LogP contribution is -2.30. The Morgan fingerprint density at radius 2 is 1.61 bits per heavy atom. The van der Waals surface area contributed by atoms with Crippen LogP contribution in [0.25, 0.3) is 5.76 Å². The molecular weight excluding hydrogens is 511 g/mol. The Morgan fingerprint density at radius 1 is 1.00 bits per heavy atom. The van der Waals surface area contributed by atoms with Crippen molar-refractivity contribution in [1.29, 1.82) is 0 Å². The van der Waals surface area contributed by atoms with Crippen LogP contribution >= 0.6 is 11.6 Å². The number of Topliss-reactive ketones (excluding diaryl/α,β-unsaturated/α-hetero) is 1. The van der Waals surface area contributed by atoms with Gasteiger partial charge in [-0.1, -0.05) is 29.8 Å². The van der Waals surface area contributed by atoms with Crippen molar-refractivity contribution >= 4 is 50.7 Å². The van der Waals surface area contributed by atoms with Gasteiger partial charge in [-0.2, -0.15) is 0 Å². The monoisotopic (exact) mass is 528 g/mol. The van der Waals surface area contributed by atoms with Crippen LogP contribution in [0, 0.1) is 5.82 Å². The van der Waals surface area contributed by atoms with Crippen molar-refractivity contribution in [1.82, 2.24) is 4.72 Å². The molecule has 0 aliphatic carbocycles. The molecule has 1 atom stereocenters. The zero-order chi connectivity index (χ0) is 26.2. The molecular formula is C25H18ClFN2O6S. The molecule has 1 fully saturated rings. The number of amides is 2. The van der Waals surface area contributed by atoms with Gasteiger partial charge >= 0.3 is 0 Å². The molecule has 1 unspecified atom stereocenters. The summed E-state index contributed by atoms with van der Waals surface area (Å²) in [5, 5.41) is 11.4. The molecule has 1 aliphatic rings. The molecule has 3 aromatic rings. The summed E-state index contributed by atoms with van der Waals surface area (Å²) in [6.07, 6.45) is 0. The number of carbonyl (C=O) groups excluding carboxylic acids is 3. The number of carbonyl (C=O) groups is 3. The lowest BCUT2D eigenvalue weighted by molar-refractivity contribution is -0.132. The Labute approximate surface area is 210 Å². The predicted molar refractivity (Wildman–Crippen MR) is 130 cm³/mol. The number of hydrogen-bond donors (Lipinski definition) is 2. The van der Waals surface area contributed by atoms with Crippen molar-refractivity contribution in [2.24, 2.45) is 0 Å². The minimum absolute atomic E-state index is 0.0536. The molecule has 184 valence electrons. The number of aliphatic hydroxyl groups is 1. The van der Waals surface area contributed by atoms with Gasteiger partial charge in [-0.15, -0.1) is 0 Å². The standard InChI is InChI=1S/C25H18ClFN2O6S/c1-14(30)28-36(34,35)18-12-10-17(11-13-18)29-22(19-4-2-3-5-20(19)27)21(24(32)25(29)33)23(31)15-6-8-16(26)9-7-15/h2-13,22,31H,1H3,(H,28,30)/b23-21+. The van der Waals surface area contributed by atoms with Gasteiger partial charge in [0.2, 0.25) is 5.91 Å². The Balaban J connectivity index is 1.88. The fourth-order valence-electron chi connectivity index (χ4n) is 3.89. The number of rotatable bonds is 5. The topological polar surface area (TPSA) is 121 Å². The maximum atomic E-state index is 14.9. The van der Waals surface area contributed by atoms with Crippen molar-refractivity contribution < 1.29 is 32.3 Å². The van der Waals surface area contributed by atoms with Gasteiger partial charge in [-0.05, 0) is 54.6 Å². The number of sulfonamides is 1. The van der Waals surface area contributed by atoms with Crippen LogP contribution in [0.2, 0.25) is 5.02 Å². The van der Waals surface area contributed by atoms with Crippen molar-refractivity contribution in [2.45, 2.75) is 17.9 Å². The Bertz CT molecular complexity index is 1520. The van der Waals surface area contributed by atoms with E-state index in [1.165, 1.54) is 54.6 Å². The first kappa shape index (κ1) is 25.1. The molecule has 0 saturated carbocycles. The van der Waals surface area contributed by atoms with E-state index in [-0.39, 0.29) is 27.3 Å². The van der Waals surface area contributed by atoms with Crippen molar-refractivity contribution in [3.63, 3.8) is 0 Å². The van der Waals surface area contributed by atoms with Crippen molar-refractivity contribution in [3.8, 4) is 0 Å². The van der Waals surface area contributed by atoms with Crippen LogP contribution < -0.4 is 9.62 Å². The van der Waals surface area contributed by atoms with Gasteiger partial charge in [0.05, 0.1) is 16.5 Å². The molecule has 8 nitrogen and oxygen atoms in total. The highest BCUT2D eigenvalue weighted by Gasteiger charge is 2.47. The maximum absolute atomic E-state index is 14.9. The normalized spacial score (nSPS) is 17.3. The number of ketones is 1. The van der Waals surface area contributed by atoms with Crippen LogP contribution in [0.1, 0.15) is 24.1 Å². The highest BCUT2D eigenvalue weighted by atomic mass is 35.5. The third kappa shape index (κ3) is 4.60. The van der Waals surface area contributed by atoms with Gasteiger partial charge in [0.1, 0.15) is 11.6 Å². The minimum atomic E-state index is -4.15. The quantitative estimate of drug-likeness (QED) is 0.294. The Morgan fingerprint density at radius 3 is 2.19 bits per heavy atom. The average Bonchev–Trinajstić information content (AvgIpc) is 3.09. The fraction of sp³-hybridized carbons (Fsp3) is 0.0800. The van der Waals surface area contributed by atoms with E-state index in [4.69, 9.17) is 11.6 Å². The average molecular weight is 529 g/mol. The lowest BCUT2D eigenvalue weighted by atomic mass is 9.94. The second-order valence-electron chi connectivity index (χ2n) is 7.85. The van der Waals surface area contributed by atoms with E-state index >= 15 is 0 Å². The minimum Gasteiger partial charge on any atom is -0.507 e. The largest absolute Gasteiger partial charge is 0.507 e. The SMILES string of the molecule is CC(=O)NS(=O)(=O)c1ccc(N2C(=O)C(=O)/C(=C(/O)c3ccc(Cl)cc3)C2c2ccccc2F)cc1. The summed E-state index contributed by atoms with van der Waals surface area (Å²) < 4.78 is 41.3. The number of nitrogens with zero attached hydrogens (tertiary/aromatic N) is 1. The first-order valence-corrected chi connectivity index (χ1v) is 12.3. The van der Waals surface area contributed by atoms with E-state index in [0.29, 0.717) is 5.02 Å². The summed E-state index contributed by atoms with van der Waals surface area (Å²) in [7, 11) is -4.15. The van der Waals surface area contributed by atoms with Gasteiger partial charge in [-0.3, -0.25) is 19.3 Å². The van der Waals surface area contributed by atoms with Crippen LogP contribution in [0.4, 0.5) is 10.1 Å². The zero-order valence-electron chi connectivity index (χ0n) is 18.6. The number of nitrogens with one attached hydrogen (secondary N) is 1. The number of benzene rings is 3. The van der Waals surface area contributed by atoms with Gasteiger partial charge in [0.15, 0.2) is 0 Å². The summed E-state index contributed by atoms with van der Waals surface area (Å²) in [6, 6.07) is 14.8. The third-order valence-electron chi connectivity index (χ3n) is 5.47. The van der Waals surface area contributed by atoms with E-state index < -0.39 is 45.2 Å². The molecule has 3 aromatic carbocycles. The molecule has 1 aliphatic heterocycles. The van der Waals surface area contributed by atoms with Crippen molar-refractivity contribution in [2.75, 3.05) is 4.90 Å². The molecule has 36 heavy (non-hydrogen) atoms. The van der Waals surface area contributed by atoms with Gasteiger partial charge < -0.3 is 5.11 Å². The summed E-state index contributed by atoms with van der Waals surface area (Å²) in [6.45, 7) is 1.04. The third-order valence-corrected chi connectivity index (χ3v) is 7.17. The van der Waals surface area contributed by atoms with Crippen LogP contribution in [-0.4, -0.2) is 31.1 Å². The van der Waals surface area contributed by atoms with Crippen LogP contribution in [0.3, 0.4) is 0 Å². The Hall–Kier alpha value is -4.02. The fourth-order valence-corrected chi connectivity index (χ4v) is 5.00. The van der Waals surface area contributed by atoms with E-state index in [1.807, 2.05) is 4.72 Å². The molecule has 2 amide bonds. The maximum Gasteiger partial charge on any atom is 0.300 e. The number of aliphatic hydroxyl groups excluding tert-OH is 1. The first-order valence-electron chi connectivity index (χ1n) is 10.5. The van der Waals surface area contributed by atoms with Crippen LogP contribution in [0.5, 0.6) is 0 Å². The van der Waals surface area contributed by atoms with Gasteiger partial charge in [0, 0.05) is 28.8 Å². The summed E-state index contributed by atoms with van der Waals surface area (Å²) >= 11 is 5.91. The van der Waals surface area contributed by atoms with Crippen LogP contribution in [0.15, 0.2) is 83.3 Å². The second kappa shape index (κ2) is 9.56. The molecule has 0 spiro atoms. The van der Waals surface area contributed by atoms with Gasteiger partial charge in [-0.25, -0.2) is 17.5 Å². The molecule has 0 radical (unpaired) electrons. The summed E-state index contributed by atoms with van der Waals surface area (Å²) in [4.78, 5) is 38.2. The smallest absolute Gasteiger partial charge is 0.300 e. The zero-order valence-corrected chi connectivity index (χ0v) is 20.2. The highest BCUT2D eigenvalue weighted by molar-refractivity contribution is 7.90. The first-order chi connectivity index (χ1) is 17.0. The lowest BCUT2D eigenvalue weighted by Gasteiger charge is -2.26. The number of anilines is 1. The highest BCUT2D eigenvalue weighted by Crippen LogP contribution is 2.43. The number of hydrogen-bond acceptors (Lipinski definition) is 6. The molecule has 2 N–H and O–H groups in total. The molecule has 0 aromatic heterocycles. The second-order valence-corrected chi connectivity index (χ2v) is 9.97. The molecule has 11 heteroatoms. The predicted octanol–water partition coefficient (Wildman–Crippen LogP) is 3.93. The molecule has 0 bridgehead atoms. The van der Waals surface area contributed by atoms with Crippen LogP contribution in [-0.2, 0) is 24.4 Å². The molecule has 1 saturated heterocycles. The molecule has 4 rings (SSSR count).